The Morgan fingerprint density at radius 3 is 2.10 bits per heavy atom. The van der Waals surface area contributed by atoms with Crippen LogP contribution in [0.4, 0.5) is 11.4 Å². The van der Waals surface area contributed by atoms with Crippen LogP contribution in [0.25, 0.3) is 0 Å². The van der Waals surface area contributed by atoms with Crippen LogP contribution in [-0.4, -0.2) is 19.4 Å². The highest BCUT2D eigenvalue weighted by atomic mass is 32.2. The van der Waals surface area contributed by atoms with E-state index in [0.29, 0.717) is 16.9 Å². The number of carbonyl (C=O) groups excluding carboxylic acids is 1. The largest absolute Gasteiger partial charge is 0.332 e. The van der Waals surface area contributed by atoms with E-state index in [1.807, 2.05) is 45.0 Å². The van der Waals surface area contributed by atoms with Gasteiger partial charge in [-0.3, -0.25) is 14.8 Å². The predicted octanol–water partition coefficient (Wildman–Crippen LogP) is 4.54. The van der Waals surface area contributed by atoms with Crippen molar-refractivity contribution in [3.05, 3.63) is 89.0 Å². The number of amides is 1. The van der Waals surface area contributed by atoms with E-state index in [4.69, 9.17) is 12.2 Å². The molecule has 0 saturated heterocycles. The van der Waals surface area contributed by atoms with Gasteiger partial charge in [-0.25, -0.2) is 8.42 Å². The molecule has 3 rings (SSSR count). The molecule has 31 heavy (non-hydrogen) atoms. The van der Waals surface area contributed by atoms with Crippen molar-refractivity contribution in [2.75, 3.05) is 10.0 Å². The summed E-state index contributed by atoms with van der Waals surface area (Å²) in [7, 11) is -3.74. The van der Waals surface area contributed by atoms with Gasteiger partial charge in [0.2, 0.25) is 0 Å². The number of para-hydroxylation sites is 1. The van der Waals surface area contributed by atoms with Gasteiger partial charge >= 0.3 is 0 Å². The first-order valence-corrected chi connectivity index (χ1v) is 11.4. The number of hydrogen-bond acceptors (Lipinski definition) is 4. The summed E-state index contributed by atoms with van der Waals surface area (Å²) < 4.78 is 28.2. The topological polar surface area (TPSA) is 87.3 Å². The smallest absolute Gasteiger partial charge is 0.261 e. The number of nitrogens with one attached hydrogen (secondary N) is 3. The van der Waals surface area contributed by atoms with Gasteiger partial charge in [0.15, 0.2) is 5.11 Å². The second kappa shape index (κ2) is 9.28. The lowest BCUT2D eigenvalue weighted by Crippen LogP contribution is -2.34. The Morgan fingerprint density at radius 1 is 0.871 bits per heavy atom. The number of aryl methyl sites for hydroxylation is 3. The zero-order chi connectivity index (χ0) is 22.6. The van der Waals surface area contributed by atoms with Crippen LogP contribution in [0.15, 0.2) is 71.6 Å². The molecule has 3 aromatic rings. The molecule has 6 nitrogen and oxygen atoms in total. The van der Waals surface area contributed by atoms with Crippen molar-refractivity contribution >= 4 is 44.6 Å². The minimum atomic E-state index is -3.74. The molecule has 0 heterocycles. The molecule has 1 amide bonds. The lowest BCUT2D eigenvalue weighted by molar-refractivity contribution is 0.0977. The number of hydrogen-bond donors (Lipinski definition) is 3. The third-order valence-electron chi connectivity index (χ3n) is 4.65. The number of carbonyl (C=O) groups is 1. The fourth-order valence-electron chi connectivity index (χ4n) is 3.01. The predicted molar refractivity (Wildman–Crippen MR) is 128 cm³/mol. The molecule has 0 aliphatic carbocycles. The monoisotopic (exact) mass is 453 g/mol. The summed E-state index contributed by atoms with van der Waals surface area (Å²) in [4.78, 5) is 12.4. The van der Waals surface area contributed by atoms with E-state index in [0.717, 1.165) is 16.7 Å². The minimum absolute atomic E-state index is 0.121. The van der Waals surface area contributed by atoms with Crippen LogP contribution in [0.1, 0.15) is 27.0 Å². The van der Waals surface area contributed by atoms with Gasteiger partial charge in [-0.15, -0.1) is 0 Å². The molecule has 0 atom stereocenters. The number of rotatable bonds is 5. The molecule has 0 aliphatic heterocycles. The molecule has 0 fully saturated rings. The number of anilines is 2. The van der Waals surface area contributed by atoms with Gasteiger partial charge in [0, 0.05) is 11.3 Å². The van der Waals surface area contributed by atoms with Crippen molar-refractivity contribution in [1.82, 2.24) is 5.32 Å². The van der Waals surface area contributed by atoms with E-state index in [-0.39, 0.29) is 15.9 Å². The molecule has 8 heteroatoms. The Bertz CT molecular complexity index is 1220. The van der Waals surface area contributed by atoms with Crippen LogP contribution in [0.3, 0.4) is 0 Å². The van der Waals surface area contributed by atoms with Crippen molar-refractivity contribution in [1.29, 1.82) is 0 Å². The summed E-state index contributed by atoms with van der Waals surface area (Å²) in [5.74, 6) is -0.321. The Hall–Kier alpha value is -3.23. The molecule has 0 radical (unpaired) electrons. The Labute approximate surface area is 187 Å². The molecule has 0 spiro atoms. The summed E-state index contributed by atoms with van der Waals surface area (Å²) in [6.07, 6.45) is 0. The standard InChI is InChI=1S/C23H23N3O3S2/c1-15-6-4-9-18(14-15)22(27)25-23(30)24-19-10-12-20(13-11-19)31(28,29)26-21-16(2)7-5-8-17(21)3/h4-14,26H,1-3H3,(H2,24,25,27,30). The van der Waals surface area contributed by atoms with Crippen molar-refractivity contribution in [3.63, 3.8) is 0 Å². The van der Waals surface area contributed by atoms with Crippen molar-refractivity contribution in [2.45, 2.75) is 25.7 Å². The van der Waals surface area contributed by atoms with Gasteiger partial charge in [-0.05, 0) is 80.5 Å². The maximum absolute atomic E-state index is 12.8. The summed E-state index contributed by atoms with van der Waals surface area (Å²) in [5, 5.41) is 5.62. The van der Waals surface area contributed by atoms with Crippen LogP contribution in [-0.2, 0) is 10.0 Å². The van der Waals surface area contributed by atoms with E-state index in [2.05, 4.69) is 15.4 Å². The van der Waals surface area contributed by atoms with Gasteiger partial charge < -0.3 is 5.32 Å². The van der Waals surface area contributed by atoms with Crippen LogP contribution < -0.4 is 15.4 Å². The highest BCUT2D eigenvalue weighted by molar-refractivity contribution is 7.92. The summed E-state index contributed by atoms with van der Waals surface area (Å²) >= 11 is 5.19. The summed E-state index contributed by atoms with van der Waals surface area (Å²) in [6, 6.07) is 18.9. The molecule has 160 valence electrons. The van der Waals surface area contributed by atoms with E-state index < -0.39 is 10.0 Å². The molecule has 3 N–H and O–H groups in total. The fourth-order valence-corrected chi connectivity index (χ4v) is 4.42. The number of thiocarbonyl (C=S) groups is 1. The van der Waals surface area contributed by atoms with Crippen molar-refractivity contribution in [3.8, 4) is 0 Å². The van der Waals surface area contributed by atoms with Crippen LogP contribution in [0.2, 0.25) is 0 Å². The van der Waals surface area contributed by atoms with E-state index in [1.165, 1.54) is 12.1 Å². The number of sulfonamides is 1. The maximum atomic E-state index is 12.8. The van der Waals surface area contributed by atoms with E-state index >= 15 is 0 Å². The van der Waals surface area contributed by atoms with E-state index in [1.54, 1.807) is 30.3 Å². The van der Waals surface area contributed by atoms with Gasteiger partial charge in [-0.1, -0.05) is 35.9 Å². The molecule has 0 bridgehead atoms. The second-order valence-electron chi connectivity index (χ2n) is 7.17. The average Bonchev–Trinajstić information content (AvgIpc) is 2.71. The zero-order valence-corrected chi connectivity index (χ0v) is 19.0. The van der Waals surface area contributed by atoms with Gasteiger partial charge in [0.05, 0.1) is 10.6 Å². The van der Waals surface area contributed by atoms with E-state index in [9.17, 15) is 13.2 Å². The SMILES string of the molecule is Cc1cccc(C(=O)NC(=S)Nc2ccc(S(=O)(=O)Nc3c(C)cccc3C)cc2)c1. The second-order valence-corrected chi connectivity index (χ2v) is 9.27. The molecule has 3 aromatic carbocycles. The van der Waals surface area contributed by atoms with Crippen molar-refractivity contribution < 1.29 is 13.2 Å². The highest BCUT2D eigenvalue weighted by Gasteiger charge is 2.16. The molecular formula is C23H23N3O3S2. The summed E-state index contributed by atoms with van der Waals surface area (Å²) in [6.45, 7) is 5.60. The molecule has 0 unspecified atom stereocenters. The fraction of sp³-hybridized carbons (Fsp3) is 0.130. The molecule has 0 aromatic heterocycles. The van der Waals surface area contributed by atoms with Crippen LogP contribution in [0, 0.1) is 20.8 Å². The Kier molecular flexibility index (Phi) is 6.72. The third-order valence-corrected chi connectivity index (χ3v) is 6.22. The third kappa shape index (κ3) is 5.68. The lowest BCUT2D eigenvalue weighted by atomic mass is 10.1. The zero-order valence-electron chi connectivity index (χ0n) is 17.4. The van der Waals surface area contributed by atoms with Crippen molar-refractivity contribution in [2.24, 2.45) is 0 Å². The Morgan fingerprint density at radius 2 is 1.48 bits per heavy atom. The summed E-state index contributed by atoms with van der Waals surface area (Å²) in [5.41, 5.74) is 4.29. The first kappa shape index (κ1) is 22.5. The normalized spacial score (nSPS) is 10.9. The first-order valence-electron chi connectivity index (χ1n) is 9.54. The molecule has 0 aliphatic rings. The molecule has 0 saturated carbocycles. The van der Waals surface area contributed by atoms with Crippen LogP contribution >= 0.6 is 12.2 Å². The Balaban J connectivity index is 1.67. The average molecular weight is 454 g/mol. The first-order chi connectivity index (χ1) is 14.7. The highest BCUT2D eigenvalue weighted by Crippen LogP contribution is 2.24. The van der Waals surface area contributed by atoms with Gasteiger partial charge in [0.25, 0.3) is 15.9 Å². The quantitative estimate of drug-likeness (QED) is 0.494. The number of benzene rings is 3. The minimum Gasteiger partial charge on any atom is -0.332 e. The van der Waals surface area contributed by atoms with Gasteiger partial charge in [-0.2, -0.15) is 0 Å². The van der Waals surface area contributed by atoms with Gasteiger partial charge in [0.1, 0.15) is 0 Å². The van der Waals surface area contributed by atoms with Crippen LogP contribution in [0.5, 0.6) is 0 Å². The maximum Gasteiger partial charge on any atom is 0.261 e. The molecular weight excluding hydrogens is 430 g/mol. The lowest BCUT2D eigenvalue weighted by Gasteiger charge is -2.14.